The minimum absolute atomic E-state index is 0.113. The van der Waals surface area contributed by atoms with E-state index in [0.717, 1.165) is 28.3 Å². The number of aromatic hydroxyl groups is 1. The molecule has 1 saturated heterocycles. The first-order chi connectivity index (χ1) is 19.1. The summed E-state index contributed by atoms with van der Waals surface area (Å²) in [4.78, 5) is 18.9. The summed E-state index contributed by atoms with van der Waals surface area (Å²) in [5.74, 6) is -0.164. The number of hydrogen-bond donors (Lipinski definition) is 3. The van der Waals surface area contributed by atoms with Crippen molar-refractivity contribution in [3.63, 3.8) is 0 Å². The van der Waals surface area contributed by atoms with Crippen LogP contribution in [-0.2, 0) is 4.79 Å². The number of phenols is 1. The molecule has 10 heteroatoms. The Morgan fingerprint density at radius 3 is 2.55 bits per heavy atom. The Balaban J connectivity index is 1.64. The Bertz CT molecular complexity index is 1610. The van der Waals surface area contributed by atoms with Gasteiger partial charge in [-0.15, -0.1) is 0 Å². The van der Waals surface area contributed by atoms with Crippen molar-refractivity contribution in [1.82, 2.24) is 14.9 Å². The molecule has 0 spiro atoms. The van der Waals surface area contributed by atoms with Crippen molar-refractivity contribution < 1.29 is 9.90 Å². The molecule has 3 N–H and O–H groups in total. The predicted molar refractivity (Wildman–Crippen MR) is 165 cm³/mol. The van der Waals surface area contributed by atoms with Crippen LogP contribution in [0.1, 0.15) is 48.6 Å². The van der Waals surface area contributed by atoms with Crippen LogP contribution in [0, 0.1) is 19.8 Å². The average Bonchev–Trinajstić information content (AvgIpc) is 3.41. The number of nitrogens with zero attached hydrogens (tertiary/aromatic N) is 3. The van der Waals surface area contributed by atoms with Crippen LogP contribution in [0.3, 0.4) is 0 Å². The maximum atomic E-state index is 12.3. The fourth-order valence-electron chi connectivity index (χ4n) is 5.11. The SMILES string of the molecule is Cc1cc(C2C(c3ccccn3)NC(=S)N2c2ccc(NC(=O)C(C)C)c(Cl)c2)c(C)n1-c1cc(Cl)ccc1O. The highest BCUT2D eigenvalue weighted by Gasteiger charge is 2.42. The van der Waals surface area contributed by atoms with E-state index in [9.17, 15) is 9.90 Å². The Morgan fingerprint density at radius 1 is 1.10 bits per heavy atom. The Morgan fingerprint density at radius 2 is 1.88 bits per heavy atom. The van der Waals surface area contributed by atoms with E-state index in [2.05, 4.69) is 21.7 Å². The van der Waals surface area contributed by atoms with Crippen LogP contribution in [0.2, 0.25) is 10.0 Å². The number of halogens is 2. The summed E-state index contributed by atoms with van der Waals surface area (Å²) in [5, 5.41) is 18.5. The number of hydrogen-bond acceptors (Lipinski definition) is 4. The van der Waals surface area contributed by atoms with Crippen molar-refractivity contribution in [2.45, 2.75) is 39.8 Å². The second-order valence-electron chi connectivity index (χ2n) is 10.1. The molecule has 0 radical (unpaired) electrons. The van der Waals surface area contributed by atoms with Gasteiger partial charge in [0.25, 0.3) is 0 Å². The second kappa shape index (κ2) is 11.1. The number of rotatable bonds is 6. The maximum absolute atomic E-state index is 12.3. The van der Waals surface area contributed by atoms with Crippen molar-refractivity contribution in [2.75, 3.05) is 10.2 Å². The minimum Gasteiger partial charge on any atom is -0.506 e. The van der Waals surface area contributed by atoms with Crippen molar-refractivity contribution in [3.8, 4) is 11.4 Å². The molecule has 1 amide bonds. The van der Waals surface area contributed by atoms with Gasteiger partial charge in [0.1, 0.15) is 5.75 Å². The zero-order valence-electron chi connectivity index (χ0n) is 22.4. The summed E-state index contributed by atoms with van der Waals surface area (Å²) >= 11 is 18.8. The number of aryl methyl sites for hydroxylation is 1. The topological polar surface area (TPSA) is 82.4 Å². The molecule has 2 unspecified atom stereocenters. The monoisotopic (exact) mass is 593 g/mol. The van der Waals surface area contributed by atoms with Gasteiger partial charge in [0.15, 0.2) is 5.11 Å². The van der Waals surface area contributed by atoms with Gasteiger partial charge in [-0.3, -0.25) is 9.78 Å². The van der Waals surface area contributed by atoms with Gasteiger partial charge >= 0.3 is 0 Å². The van der Waals surface area contributed by atoms with E-state index in [4.69, 9.17) is 35.4 Å². The number of benzene rings is 2. The molecule has 2 aromatic carbocycles. The first-order valence-electron chi connectivity index (χ1n) is 12.9. The van der Waals surface area contributed by atoms with E-state index in [0.29, 0.717) is 26.5 Å². The van der Waals surface area contributed by atoms with E-state index in [1.165, 1.54) is 0 Å². The lowest BCUT2D eigenvalue weighted by Gasteiger charge is -2.28. The van der Waals surface area contributed by atoms with E-state index in [-0.39, 0.29) is 29.7 Å². The Labute approximate surface area is 248 Å². The van der Waals surface area contributed by atoms with Crippen LogP contribution in [0.4, 0.5) is 11.4 Å². The summed E-state index contributed by atoms with van der Waals surface area (Å²) in [6, 6.07) is 17.8. The number of nitrogens with one attached hydrogen (secondary N) is 2. The molecule has 1 fully saturated rings. The standard InChI is InChI=1S/C30H29Cl2N5O2S/c1-16(2)29(39)34-23-10-9-20(15-22(23)32)37-28(27(35-30(37)40)24-7-5-6-12-33-24)21-13-17(3)36(18(21)4)25-14-19(31)8-11-26(25)38/h5-16,27-28,38H,1-4H3,(H,34,39)(H,35,40). The van der Waals surface area contributed by atoms with E-state index < -0.39 is 0 Å². The molecule has 0 bridgehead atoms. The van der Waals surface area contributed by atoms with E-state index in [1.54, 1.807) is 36.5 Å². The van der Waals surface area contributed by atoms with Gasteiger partial charge in [-0.25, -0.2) is 0 Å². The highest BCUT2D eigenvalue weighted by atomic mass is 35.5. The van der Waals surface area contributed by atoms with Gasteiger partial charge in [0.05, 0.1) is 34.2 Å². The number of anilines is 2. The highest BCUT2D eigenvalue weighted by molar-refractivity contribution is 7.80. The van der Waals surface area contributed by atoms with E-state index in [1.807, 2.05) is 61.4 Å². The van der Waals surface area contributed by atoms with Gasteiger partial charge in [0.2, 0.25) is 5.91 Å². The predicted octanol–water partition coefficient (Wildman–Crippen LogP) is 7.27. The average molecular weight is 595 g/mol. The number of carbonyl (C=O) groups excluding carboxylic acids is 1. The van der Waals surface area contributed by atoms with Crippen molar-refractivity contribution in [1.29, 1.82) is 0 Å². The number of phenolic OH excluding ortho intramolecular Hbond substituents is 1. The largest absolute Gasteiger partial charge is 0.506 e. The first-order valence-corrected chi connectivity index (χ1v) is 14.0. The summed E-state index contributed by atoms with van der Waals surface area (Å²) in [5.41, 5.74) is 5.57. The van der Waals surface area contributed by atoms with Gasteiger partial charge in [0, 0.05) is 34.2 Å². The molecule has 0 saturated carbocycles. The van der Waals surface area contributed by atoms with Crippen LogP contribution in [0.15, 0.2) is 66.9 Å². The Hall–Kier alpha value is -3.59. The summed E-state index contributed by atoms with van der Waals surface area (Å²) in [6.45, 7) is 7.65. The third-order valence-corrected chi connectivity index (χ3v) is 7.94. The number of amides is 1. The van der Waals surface area contributed by atoms with Crippen LogP contribution in [0.5, 0.6) is 5.75 Å². The molecule has 7 nitrogen and oxygen atoms in total. The Kier molecular flexibility index (Phi) is 7.77. The molecule has 4 aromatic rings. The van der Waals surface area contributed by atoms with Crippen molar-refractivity contribution in [2.24, 2.45) is 5.92 Å². The lowest BCUT2D eigenvalue weighted by molar-refractivity contribution is -0.118. The van der Waals surface area contributed by atoms with Crippen molar-refractivity contribution >= 4 is 57.8 Å². The highest BCUT2D eigenvalue weighted by Crippen LogP contribution is 2.45. The smallest absolute Gasteiger partial charge is 0.226 e. The maximum Gasteiger partial charge on any atom is 0.226 e. The zero-order chi connectivity index (χ0) is 28.7. The third-order valence-electron chi connectivity index (χ3n) is 7.08. The zero-order valence-corrected chi connectivity index (χ0v) is 24.8. The number of thiocarbonyl (C=S) groups is 1. The van der Waals surface area contributed by atoms with Crippen LogP contribution < -0.4 is 15.5 Å². The molecule has 2 aromatic heterocycles. The number of carbonyl (C=O) groups is 1. The fraction of sp³-hybridized carbons (Fsp3) is 0.233. The molecule has 3 heterocycles. The molecule has 40 heavy (non-hydrogen) atoms. The first kappa shape index (κ1) is 28.0. The van der Waals surface area contributed by atoms with Crippen LogP contribution in [-0.4, -0.2) is 25.7 Å². The molecule has 1 aliphatic heterocycles. The number of aromatic nitrogens is 2. The summed E-state index contributed by atoms with van der Waals surface area (Å²) < 4.78 is 1.99. The molecule has 1 aliphatic rings. The van der Waals surface area contributed by atoms with Crippen LogP contribution in [0.25, 0.3) is 5.69 Å². The minimum atomic E-state index is -0.296. The lowest BCUT2D eigenvalue weighted by Crippen LogP contribution is -2.29. The van der Waals surface area contributed by atoms with Crippen molar-refractivity contribution in [3.05, 3.63) is 99.6 Å². The van der Waals surface area contributed by atoms with Gasteiger partial charge < -0.3 is 25.2 Å². The van der Waals surface area contributed by atoms with E-state index >= 15 is 0 Å². The molecular formula is C30H29Cl2N5O2S. The molecule has 5 rings (SSSR count). The second-order valence-corrected chi connectivity index (χ2v) is 11.3. The summed E-state index contributed by atoms with van der Waals surface area (Å²) in [7, 11) is 0. The molecule has 206 valence electrons. The normalized spacial score (nSPS) is 16.9. The fourth-order valence-corrected chi connectivity index (χ4v) is 5.85. The summed E-state index contributed by atoms with van der Waals surface area (Å²) in [6.07, 6.45) is 1.76. The lowest BCUT2D eigenvalue weighted by atomic mass is 9.96. The number of pyridine rings is 1. The third kappa shape index (κ3) is 5.14. The van der Waals surface area contributed by atoms with Gasteiger partial charge in [-0.05, 0) is 86.2 Å². The van der Waals surface area contributed by atoms with Crippen LogP contribution >= 0.6 is 35.4 Å². The van der Waals surface area contributed by atoms with Gasteiger partial charge in [-0.1, -0.05) is 43.1 Å². The van der Waals surface area contributed by atoms with Gasteiger partial charge in [-0.2, -0.15) is 0 Å². The molecule has 2 atom stereocenters. The molecule has 0 aliphatic carbocycles. The molecular weight excluding hydrogens is 565 g/mol. The quantitative estimate of drug-likeness (QED) is 0.204.